The van der Waals surface area contributed by atoms with Crippen LogP contribution in [0.4, 0.5) is 0 Å². The van der Waals surface area contributed by atoms with Crippen molar-refractivity contribution in [3.8, 4) is 0 Å². The van der Waals surface area contributed by atoms with Crippen molar-refractivity contribution in [3.63, 3.8) is 0 Å². The highest BCUT2D eigenvalue weighted by Gasteiger charge is 2.43. The number of ether oxygens (including phenoxy) is 2. The number of hydrogen-bond acceptors (Lipinski definition) is 6. The largest absolute Gasteiger partial charge is 0.376 e. The van der Waals surface area contributed by atoms with Gasteiger partial charge in [-0.25, -0.2) is 0 Å². The van der Waals surface area contributed by atoms with Crippen LogP contribution >= 0.6 is 0 Å². The number of rotatable bonds is 7. The summed E-state index contributed by atoms with van der Waals surface area (Å²) >= 11 is 0. The van der Waals surface area contributed by atoms with Crippen molar-refractivity contribution in [2.24, 2.45) is 11.8 Å². The molecule has 3 heterocycles. The monoisotopic (exact) mass is 337 g/mol. The molecule has 134 valence electrons. The van der Waals surface area contributed by atoms with Crippen molar-refractivity contribution in [1.82, 2.24) is 15.0 Å². The van der Waals surface area contributed by atoms with Crippen LogP contribution in [0.1, 0.15) is 17.9 Å². The van der Waals surface area contributed by atoms with E-state index in [1.165, 1.54) is 0 Å². The van der Waals surface area contributed by atoms with Crippen molar-refractivity contribution in [3.05, 3.63) is 17.5 Å². The predicted octanol–water partition coefficient (Wildman–Crippen LogP) is 0.925. The van der Waals surface area contributed by atoms with E-state index in [1.54, 1.807) is 19.0 Å². The van der Waals surface area contributed by atoms with Crippen molar-refractivity contribution in [1.29, 1.82) is 0 Å². The van der Waals surface area contributed by atoms with Gasteiger partial charge in [0.05, 0.1) is 18.4 Å². The van der Waals surface area contributed by atoms with E-state index in [2.05, 4.69) is 10.1 Å². The quantitative estimate of drug-likeness (QED) is 0.690. The first-order valence-electron chi connectivity index (χ1n) is 8.57. The molecule has 0 radical (unpaired) electrons. The zero-order valence-corrected chi connectivity index (χ0v) is 14.7. The summed E-state index contributed by atoms with van der Waals surface area (Å²) in [5.41, 5.74) is 0.981. The first kappa shape index (κ1) is 17.4. The first-order valence-corrected chi connectivity index (χ1v) is 8.57. The number of aryl methyl sites for hydroxylation is 1. The Morgan fingerprint density at radius 2 is 2.29 bits per heavy atom. The number of amides is 1. The van der Waals surface area contributed by atoms with E-state index in [9.17, 15) is 4.79 Å². The zero-order chi connectivity index (χ0) is 17.1. The Bertz CT molecular complexity index is 560. The maximum atomic E-state index is 11.5. The lowest BCUT2D eigenvalue weighted by molar-refractivity contribution is -0.133. The third-order valence-corrected chi connectivity index (χ3v) is 4.93. The van der Waals surface area contributed by atoms with Gasteiger partial charge in [-0.05, 0) is 19.3 Å². The van der Waals surface area contributed by atoms with E-state index < -0.39 is 0 Å². The minimum atomic E-state index is 0.00509. The second-order valence-corrected chi connectivity index (χ2v) is 7.05. The van der Waals surface area contributed by atoms with Crippen LogP contribution in [0.25, 0.3) is 0 Å². The molecule has 0 aliphatic carbocycles. The molecule has 7 nitrogen and oxygen atoms in total. The summed E-state index contributed by atoms with van der Waals surface area (Å²) in [5, 5.41) is 4.07. The molecule has 0 bridgehead atoms. The molecular weight excluding hydrogens is 310 g/mol. The van der Waals surface area contributed by atoms with Crippen LogP contribution in [-0.2, 0) is 20.8 Å². The number of carbonyl (C=O) groups excluding carboxylic acids is 1. The lowest BCUT2D eigenvalue weighted by Gasteiger charge is -2.19. The average Bonchev–Trinajstić information content (AvgIpc) is 3.21. The molecule has 3 rings (SSSR count). The van der Waals surface area contributed by atoms with Crippen LogP contribution < -0.4 is 0 Å². The van der Waals surface area contributed by atoms with Gasteiger partial charge < -0.3 is 18.9 Å². The summed E-state index contributed by atoms with van der Waals surface area (Å²) in [6, 6.07) is 1.99. The Balaban J connectivity index is 1.41. The number of hydrogen-bond donors (Lipinski definition) is 0. The summed E-state index contributed by atoms with van der Waals surface area (Å²) in [7, 11) is 3.48. The van der Waals surface area contributed by atoms with E-state index in [4.69, 9.17) is 14.0 Å². The van der Waals surface area contributed by atoms with Crippen LogP contribution in [0.15, 0.2) is 10.6 Å². The highest BCUT2D eigenvalue weighted by atomic mass is 16.5. The molecule has 2 aliphatic heterocycles. The summed E-state index contributed by atoms with van der Waals surface area (Å²) in [5.74, 6) is 1.91. The first-order chi connectivity index (χ1) is 11.5. The second-order valence-electron chi connectivity index (χ2n) is 7.05. The van der Waals surface area contributed by atoms with Gasteiger partial charge in [-0.2, -0.15) is 0 Å². The number of fused-ring (bicyclic) bond motifs is 1. The number of likely N-dealkylation sites (N-methyl/N-ethyl adjacent to an activating group) is 1. The molecule has 1 amide bonds. The molecule has 2 aliphatic rings. The lowest BCUT2D eigenvalue weighted by Crippen LogP contribution is -2.27. The van der Waals surface area contributed by atoms with Gasteiger partial charge in [0, 0.05) is 52.3 Å². The molecule has 0 spiro atoms. The predicted molar refractivity (Wildman–Crippen MR) is 87.4 cm³/mol. The van der Waals surface area contributed by atoms with Gasteiger partial charge >= 0.3 is 0 Å². The van der Waals surface area contributed by atoms with E-state index in [0.29, 0.717) is 24.5 Å². The van der Waals surface area contributed by atoms with Crippen molar-refractivity contribution in [2.45, 2.75) is 26.0 Å². The Hall–Kier alpha value is -1.44. The normalized spacial score (nSPS) is 26.7. The third kappa shape index (κ3) is 4.15. The van der Waals surface area contributed by atoms with Crippen LogP contribution in [0, 0.1) is 18.8 Å². The molecule has 0 N–H and O–H groups in total. The summed E-state index contributed by atoms with van der Waals surface area (Å²) in [6.45, 7) is 6.28. The van der Waals surface area contributed by atoms with Crippen LogP contribution in [-0.4, -0.2) is 74.0 Å². The standard InChI is InChI=1S/C17H27N3O4/c1-12-6-14(18-24-12)7-20-8-15-13(10-23-16(15)9-20)4-5-22-11-17(21)19(2)3/h6,13,15-16H,4-5,7-11H2,1-3H3/t13-,15-,16-/m1/s1. The second kappa shape index (κ2) is 7.63. The topological polar surface area (TPSA) is 68.0 Å². The molecule has 1 aromatic heterocycles. The summed E-state index contributed by atoms with van der Waals surface area (Å²) in [6.07, 6.45) is 1.25. The van der Waals surface area contributed by atoms with Gasteiger partial charge in [0.15, 0.2) is 0 Å². The van der Waals surface area contributed by atoms with Crippen molar-refractivity contribution >= 4 is 5.91 Å². The zero-order valence-electron chi connectivity index (χ0n) is 14.7. The van der Waals surface area contributed by atoms with Gasteiger partial charge in [-0.3, -0.25) is 9.69 Å². The Labute approximate surface area is 142 Å². The molecule has 24 heavy (non-hydrogen) atoms. The molecule has 1 aromatic rings. The highest BCUT2D eigenvalue weighted by molar-refractivity contribution is 5.76. The summed E-state index contributed by atoms with van der Waals surface area (Å²) < 4.78 is 16.6. The average molecular weight is 337 g/mol. The number of aromatic nitrogens is 1. The van der Waals surface area contributed by atoms with E-state index in [-0.39, 0.29) is 12.5 Å². The molecular formula is C17H27N3O4. The SMILES string of the molecule is Cc1cc(CN2C[C@@H]3[C@H](CCOCC(=O)N(C)C)CO[C@@H]3C2)no1. The fourth-order valence-corrected chi connectivity index (χ4v) is 3.55. The van der Waals surface area contributed by atoms with E-state index in [0.717, 1.165) is 44.1 Å². The van der Waals surface area contributed by atoms with Crippen LogP contribution in [0.5, 0.6) is 0 Å². The fraction of sp³-hybridized carbons (Fsp3) is 0.765. The number of nitrogens with zero attached hydrogens (tertiary/aromatic N) is 3. The summed E-state index contributed by atoms with van der Waals surface area (Å²) in [4.78, 5) is 15.4. The molecule has 0 unspecified atom stereocenters. The fourth-order valence-electron chi connectivity index (χ4n) is 3.55. The van der Waals surface area contributed by atoms with Gasteiger partial charge in [0.2, 0.25) is 5.91 Å². The molecule has 2 fully saturated rings. The van der Waals surface area contributed by atoms with E-state index in [1.807, 2.05) is 13.0 Å². The highest BCUT2D eigenvalue weighted by Crippen LogP contribution is 2.35. The minimum Gasteiger partial charge on any atom is -0.376 e. The Kier molecular flexibility index (Phi) is 5.53. The van der Waals surface area contributed by atoms with Crippen LogP contribution in [0.3, 0.4) is 0 Å². The van der Waals surface area contributed by atoms with Gasteiger partial charge in [0.1, 0.15) is 12.4 Å². The third-order valence-electron chi connectivity index (χ3n) is 4.93. The maximum absolute atomic E-state index is 11.5. The van der Waals surface area contributed by atoms with E-state index >= 15 is 0 Å². The van der Waals surface area contributed by atoms with Gasteiger partial charge in [-0.15, -0.1) is 0 Å². The Morgan fingerprint density at radius 3 is 3.00 bits per heavy atom. The van der Waals surface area contributed by atoms with Crippen LogP contribution in [0.2, 0.25) is 0 Å². The molecule has 3 atom stereocenters. The lowest BCUT2D eigenvalue weighted by atomic mass is 9.91. The molecule has 2 saturated heterocycles. The van der Waals surface area contributed by atoms with Gasteiger partial charge in [0.25, 0.3) is 0 Å². The number of carbonyl (C=O) groups is 1. The van der Waals surface area contributed by atoms with Gasteiger partial charge in [-0.1, -0.05) is 5.16 Å². The Morgan fingerprint density at radius 1 is 1.46 bits per heavy atom. The molecule has 0 aromatic carbocycles. The van der Waals surface area contributed by atoms with Crippen molar-refractivity contribution in [2.75, 3.05) is 47.0 Å². The minimum absolute atomic E-state index is 0.00509. The molecule has 0 saturated carbocycles. The molecule has 7 heteroatoms. The smallest absolute Gasteiger partial charge is 0.248 e. The van der Waals surface area contributed by atoms with Crippen molar-refractivity contribution < 1.29 is 18.8 Å². The number of likely N-dealkylation sites (tertiary alicyclic amines) is 1. The maximum Gasteiger partial charge on any atom is 0.248 e.